The number of thiazole rings is 1. The normalized spacial score (nSPS) is 23.6. The molecule has 3 aromatic rings. The summed E-state index contributed by atoms with van der Waals surface area (Å²) in [5, 5.41) is 7.94. The summed E-state index contributed by atoms with van der Waals surface area (Å²) < 4.78 is 42.0. The Morgan fingerprint density at radius 3 is 2.76 bits per heavy atom. The number of rotatable bonds is 6. The number of likely N-dealkylation sites (tertiary alicyclic amines) is 2. The van der Waals surface area contributed by atoms with Crippen molar-refractivity contribution in [3.8, 4) is 0 Å². The third kappa shape index (κ3) is 4.54. The smallest absolute Gasteiger partial charge is 0.349 e. The monoisotopic (exact) mass is 569 g/mol. The number of ether oxygens (including phenoxy) is 1. The number of benzene rings is 1. The molecule has 6 rings (SSSR count). The zero-order chi connectivity index (χ0) is 25.8. The van der Waals surface area contributed by atoms with Crippen molar-refractivity contribution in [1.82, 2.24) is 25.0 Å². The summed E-state index contributed by atoms with van der Waals surface area (Å²) in [6.07, 6.45) is 3.83. The van der Waals surface area contributed by atoms with Crippen LogP contribution in [0.2, 0.25) is 10.0 Å². The molecular formula is C24H23Cl2F2N5O3S. The van der Waals surface area contributed by atoms with Crippen molar-refractivity contribution in [1.29, 1.82) is 0 Å². The first-order valence-corrected chi connectivity index (χ1v) is 13.6. The topological polar surface area (TPSA) is 84.6 Å². The van der Waals surface area contributed by atoms with Gasteiger partial charge in [0.25, 0.3) is 11.8 Å². The summed E-state index contributed by atoms with van der Waals surface area (Å²) in [7, 11) is 0. The Labute approximate surface area is 225 Å². The van der Waals surface area contributed by atoms with Gasteiger partial charge in [0.2, 0.25) is 5.89 Å². The predicted octanol–water partition coefficient (Wildman–Crippen LogP) is 4.69. The number of amides is 1. The van der Waals surface area contributed by atoms with Crippen molar-refractivity contribution in [3.05, 3.63) is 62.2 Å². The van der Waals surface area contributed by atoms with Crippen LogP contribution in [0.3, 0.4) is 0 Å². The van der Waals surface area contributed by atoms with Crippen molar-refractivity contribution < 1.29 is 22.7 Å². The second kappa shape index (κ2) is 9.53. The maximum Gasteiger partial charge on any atom is 0.349 e. The Morgan fingerprint density at radius 2 is 2.05 bits per heavy atom. The SMILES string of the molecule is O=C(c1cncs1)N1CC(c2nnc(C(F)(F)c3ccc(Cl)c(Cl)c3)o2)C2(CN(CC3CCCO3)C2)C1. The Kier molecular flexibility index (Phi) is 6.47. The molecule has 3 aliphatic heterocycles. The molecule has 0 saturated carbocycles. The Balaban J connectivity index is 1.26. The summed E-state index contributed by atoms with van der Waals surface area (Å²) in [5.74, 6) is -4.79. The van der Waals surface area contributed by atoms with Crippen LogP contribution in [0.25, 0.3) is 0 Å². The number of carbonyl (C=O) groups is 1. The minimum Gasteiger partial charge on any atom is -0.419 e. The van der Waals surface area contributed by atoms with Crippen molar-refractivity contribution in [2.45, 2.75) is 30.8 Å². The van der Waals surface area contributed by atoms with Crippen molar-refractivity contribution in [2.75, 3.05) is 39.3 Å². The first kappa shape index (κ1) is 25.1. The molecule has 1 spiro atoms. The highest BCUT2D eigenvalue weighted by Gasteiger charge is 2.58. The number of halogens is 4. The van der Waals surface area contributed by atoms with E-state index in [1.54, 1.807) is 16.6 Å². The second-order valence-electron chi connectivity index (χ2n) is 9.92. The van der Waals surface area contributed by atoms with E-state index in [1.807, 2.05) is 0 Å². The van der Waals surface area contributed by atoms with E-state index >= 15 is 8.78 Å². The molecule has 3 saturated heterocycles. The highest BCUT2D eigenvalue weighted by Crippen LogP contribution is 2.50. The van der Waals surface area contributed by atoms with Crippen molar-refractivity contribution in [2.24, 2.45) is 5.41 Å². The van der Waals surface area contributed by atoms with E-state index in [-0.39, 0.29) is 39.3 Å². The molecule has 3 aliphatic rings. The summed E-state index contributed by atoms with van der Waals surface area (Å²) in [5.41, 5.74) is 0.840. The maximum absolute atomic E-state index is 15.3. The fourth-order valence-corrected chi connectivity index (χ4v) is 6.51. The van der Waals surface area contributed by atoms with Gasteiger partial charge in [-0.25, -0.2) is 0 Å². The molecule has 0 radical (unpaired) electrons. The van der Waals surface area contributed by atoms with Crippen LogP contribution in [0.1, 0.15) is 45.8 Å². The lowest BCUT2D eigenvalue weighted by molar-refractivity contribution is -0.0391. The molecule has 1 amide bonds. The van der Waals surface area contributed by atoms with E-state index in [0.29, 0.717) is 31.1 Å². The molecular weight excluding hydrogens is 547 g/mol. The third-order valence-electron chi connectivity index (χ3n) is 7.43. The van der Waals surface area contributed by atoms with E-state index < -0.39 is 17.4 Å². The maximum atomic E-state index is 15.3. The highest BCUT2D eigenvalue weighted by molar-refractivity contribution is 7.11. The van der Waals surface area contributed by atoms with E-state index in [9.17, 15) is 4.79 Å². The zero-order valence-electron chi connectivity index (χ0n) is 19.6. The van der Waals surface area contributed by atoms with Crippen LogP contribution in [0.4, 0.5) is 8.78 Å². The molecule has 0 bridgehead atoms. The molecule has 8 nitrogen and oxygen atoms in total. The zero-order valence-corrected chi connectivity index (χ0v) is 21.9. The standard InChI is InChI=1S/C24H23Cl2F2N5O3S/c25-17-4-3-14(6-18(17)26)24(27,28)22-31-30-20(36-22)16-9-33(21(34)19-7-29-13-37-19)12-23(16)10-32(11-23)8-15-2-1-5-35-15/h3-4,6-7,13,15-16H,1-2,5,8-12H2. The van der Waals surface area contributed by atoms with Gasteiger partial charge in [-0.3, -0.25) is 14.7 Å². The van der Waals surface area contributed by atoms with Gasteiger partial charge in [0, 0.05) is 50.3 Å². The summed E-state index contributed by atoms with van der Waals surface area (Å²) in [6.45, 7) is 3.72. The predicted molar refractivity (Wildman–Crippen MR) is 132 cm³/mol. The van der Waals surface area contributed by atoms with Gasteiger partial charge < -0.3 is 14.1 Å². The van der Waals surface area contributed by atoms with Gasteiger partial charge in [-0.05, 0) is 25.0 Å². The quantitative estimate of drug-likeness (QED) is 0.425. The number of carbonyl (C=O) groups excluding carboxylic acids is 1. The molecule has 2 unspecified atom stereocenters. The van der Waals surface area contributed by atoms with Crippen LogP contribution in [-0.4, -0.2) is 76.3 Å². The minimum absolute atomic E-state index is 0.00588. The first-order valence-electron chi connectivity index (χ1n) is 11.9. The lowest BCUT2D eigenvalue weighted by atomic mass is 9.71. The number of hydrogen-bond acceptors (Lipinski definition) is 8. The van der Waals surface area contributed by atoms with Gasteiger partial charge in [0.15, 0.2) is 0 Å². The van der Waals surface area contributed by atoms with Crippen LogP contribution in [0, 0.1) is 5.41 Å². The Bertz CT molecular complexity index is 1300. The molecule has 2 aromatic heterocycles. The van der Waals surface area contributed by atoms with Crippen molar-refractivity contribution >= 4 is 40.4 Å². The fourth-order valence-electron chi connectivity index (χ4n) is 5.63. The third-order valence-corrected chi connectivity index (χ3v) is 8.93. The Hall–Kier alpha value is -2.18. The van der Waals surface area contributed by atoms with Crippen LogP contribution >= 0.6 is 34.5 Å². The van der Waals surface area contributed by atoms with Crippen LogP contribution in [0.15, 0.2) is 34.3 Å². The molecule has 2 atom stereocenters. The molecule has 1 aromatic carbocycles. The largest absolute Gasteiger partial charge is 0.419 e. The van der Waals surface area contributed by atoms with Gasteiger partial charge in [0.1, 0.15) is 4.88 Å². The molecule has 3 fully saturated rings. The van der Waals surface area contributed by atoms with Crippen LogP contribution < -0.4 is 0 Å². The molecule has 0 N–H and O–H groups in total. The molecule has 37 heavy (non-hydrogen) atoms. The lowest BCUT2D eigenvalue weighted by Gasteiger charge is -2.50. The van der Waals surface area contributed by atoms with Gasteiger partial charge in [-0.2, -0.15) is 8.78 Å². The lowest BCUT2D eigenvalue weighted by Crippen LogP contribution is -2.61. The van der Waals surface area contributed by atoms with Crippen LogP contribution in [0.5, 0.6) is 0 Å². The van der Waals surface area contributed by atoms with E-state index in [0.717, 1.165) is 32.1 Å². The van der Waals surface area contributed by atoms with E-state index in [2.05, 4.69) is 20.1 Å². The highest BCUT2D eigenvalue weighted by atomic mass is 35.5. The second-order valence-corrected chi connectivity index (χ2v) is 11.6. The number of nitrogens with zero attached hydrogens (tertiary/aromatic N) is 5. The fraction of sp³-hybridized carbons (Fsp3) is 0.500. The molecule has 196 valence electrons. The number of aromatic nitrogens is 3. The Morgan fingerprint density at radius 1 is 1.22 bits per heavy atom. The molecule has 13 heteroatoms. The average molecular weight is 570 g/mol. The number of hydrogen-bond donors (Lipinski definition) is 0. The van der Waals surface area contributed by atoms with E-state index in [1.165, 1.54) is 23.5 Å². The van der Waals surface area contributed by atoms with Gasteiger partial charge in [-0.1, -0.05) is 29.3 Å². The minimum atomic E-state index is -3.56. The van der Waals surface area contributed by atoms with Gasteiger partial charge >= 0.3 is 5.92 Å². The first-order chi connectivity index (χ1) is 17.7. The van der Waals surface area contributed by atoms with Crippen molar-refractivity contribution in [3.63, 3.8) is 0 Å². The summed E-state index contributed by atoms with van der Waals surface area (Å²) in [6, 6.07) is 3.57. The molecule has 0 aliphatic carbocycles. The van der Waals surface area contributed by atoms with Crippen LogP contribution in [-0.2, 0) is 10.7 Å². The average Bonchev–Trinajstić information content (AvgIpc) is 3.66. The number of alkyl halides is 2. The summed E-state index contributed by atoms with van der Waals surface area (Å²) in [4.78, 5) is 21.7. The van der Waals surface area contributed by atoms with E-state index in [4.69, 9.17) is 32.4 Å². The molecule has 5 heterocycles. The van der Waals surface area contributed by atoms with Gasteiger partial charge in [0.05, 0.1) is 33.8 Å². The summed E-state index contributed by atoms with van der Waals surface area (Å²) >= 11 is 13.1. The van der Waals surface area contributed by atoms with Gasteiger partial charge in [-0.15, -0.1) is 21.5 Å².